The SMILES string of the molecule is CCCN(CC(=O)OCC)C(=O)CC1CCSCC1. The summed E-state index contributed by atoms with van der Waals surface area (Å²) in [7, 11) is 0. The van der Waals surface area contributed by atoms with Gasteiger partial charge in [-0.05, 0) is 43.6 Å². The van der Waals surface area contributed by atoms with E-state index in [1.807, 2.05) is 18.7 Å². The van der Waals surface area contributed by atoms with Gasteiger partial charge in [-0.25, -0.2) is 0 Å². The van der Waals surface area contributed by atoms with Crippen LogP contribution >= 0.6 is 11.8 Å². The lowest BCUT2D eigenvalue weighted by atomic mass is 9.98. The number of ether oxygens (including phenoxy) is 1. The molecule has 0 saturated carbocycles. The van der Waals surface area contributed by atoms with Crippen LogP contribution in [0, 0.1) is 5.92 Å². The molecule has 0 radical (unpaired) electrons. The Bertz CT molecular complexity index is 290. The Hall–Kier alpha value is -0.710. The molecule has 4 nitrogen and oxygen atoms in total. The Morgan fingerprint density at radius 2 is 1.95 bits per heavy atom. The summed E-state index contributed by atoms with van der Waals surface area (Å²) in [5.74, 6) is 2.61. The summed E-state index contributed by atoms with van der Waals surface area (Å²) in [4.78, 5) is 25.4. The van der Waals surface area contributed by atoms with E-state index in [-0.39, 0.29) is 18.4 Å². The van der Waals surface area contributed by atoms with Gasteiger partial charge in [0, 0.05) is 13.0 Å². The van der Waals surface area contributed by atoms with Crippen LogP contribution in [0.2, 0.25) is 0 Å². The van der Waals surface area contributed by atoms with Gasteiger partial charge in [0.25, 0.3) is 0 Å². The van der Waals surface area contributed by atoms with Crippen molar-refractivity contribution in [3.63, 3.8) is 0 Å². The second-order valence-corrected chi connectivity index (χ2v) is 6.10. The molecule has 1 saturated heterocycles. The first-order valence-electron chi connectivity index (χ1n) is 7.18. The Morgan fingerprint density at radius 3 is 2.53 bits per heavy atom. The third-order valence-corrected chi connectivity index (χ3v) is 4.32. The highest BCUT2D eigenvalue weighted by atomic mass is 32.2. The molecular formula is C14H25NO3S. The molecule has 0 bridgehead atoms. The molecule has 110 valence electrons. The fourth-order valence-corrected chi connectivity index (χ4v) is 3.46. The maximum Gasteiger partial charge on any atom is 0.325 e. The number of amides is 1. The zero-order chi connectivity index (χ0) is 14.1. The highest BCUT2D eigenvalue weighted by Gasteiger charge is 2.22. The van der Waals surface area contributed by atoms with Crippen LogP contribution in [-0.2, 0) is 14.3 Å². The highest BCUT2D eigenvalue weighted by Crippen LogP contribution is 2.25. The van der Waals surface area contributed by atoms with E-state index in [1.165, 1.54) is 0 Å². The summed E-state index contributed by atoms with van der Waals surface area (Å²) < 4.78 is 4.92. The fourth-order valence-electron chi connectivity index (χ4n) is 2.25. The van der Waals surface area contributed by atoms with E-state index in [0.29, 0.717) is 25.5 Å². The predicted molar refractivity (Wildman–Crippen MR) is 78.2 cm³/mol. The van der Waals surface area contributed by atoms with Crippen LogP contribution in [0.25, 0.3) is 0 Å². The third-order valence-electron chi connectivity index (χ3n) is 3.28. The minimum Gasteiger partial charge on any atom is -0.465 e. The van der Waals surface area contributed by atoms with E-state index in [1.54, 1.807) is 11.8 Å². The van der Waals surface area contributed by atoms with Crippen molar-refractivity contribution >= 4 is 23.6 Å². The van der Waals surface area contributed by atoms with Gasteiger partial charge in [-0.1, -0.05) is 6.92 Å². The zero-order valence-corrected chi connectivity index (χ0v) is 12.8. The lowest BCUT2D eigenvalue weighted by Gasteiger charge is -2.26. The van der Waals surface area contributed by atoms with Gasteiger partial charge >= 0.3 is 5.97 Å². The zero-order valence-electron chi connectivity index (χ0n) is 12.0. The highest BCUT2D eigenvalue weighted by molar-refractivity contribution is 7.99. The molecule has 0 atom stereocenters. The Morgan fingerprint density at radius 1 is 1.26 bits per heavy atom. The molecule has 1 fully saturated rings. The quantitative estimate of drug-likeness (QED) is 0.674. The van der Waals surface area contributed by atoms with Crippen LogP contribution in [0.1, 0.15) is 39.5 Å². The molecular weight excluding hydrogens is 262 g/mol. The first-order chi connectivity index (χ1) is 9.17. The molecule has 0 unspecified atom stereocenters. The van der Waals surface area contributed by atoms with Gasteiger partial charge in [0.15, 0.2) is 0 Å². The normalized spacial score (nSPS) is 16.1. The van der Waals surface area contributed by atoms with Crippen molar-refractivity contribution in [1.29, 1.82) is 0 Å². The molecule has 0 N–H and O–H groups in total. The average Bonchev–Trinajstić information content (AvgIpc) is 2.39. The molecule has 0 spiro atoms. The molecule has 1 rings (SSSR count). The molecule has 1 aliphatic heterocycles. The summed E-state index contributed by atoms with van der Waals surface area (Å²) >= 11 is 1.96. The molecule has 1 heterocycles. The largest absolute Gasteiger partial charge is 0.465 e. The molecule has 0 aliphatic carbocycles. The predicted octanol–water partition coefficient (Wildman–Crippen LogP) is 2.32. The van der Waals surface area contributed by atoms with Crippen LogP contribution in [0.15, 0.2) is 0 Å². The molecule has 0 aromatic heterocycles. The standard InChI is InChI=1S/C14H25NO3S/c1-3-7-15(11-14(17)18-4-2)13(16)10-12-5-8-19-9-6-12/h12H,3-11H2,1-2H3. The Labute approximate surface area is 120 Å². The molecule has 19 heavy (non-hydrogen) atoms. The van der Waals surface area contributed by atoms with Gasteiger partial charge in [0.05, 0.1) is 6.61 Å². The van der Waals surface area contributed by atoms with Crippen molar-refractivity contribution in [2.24, 2.45) is 5.92 Å². The van der Waals surface area contributed by atoms with Gasteiger partial charge < -0.3 is 9.64 Å². The van der Waals surface area contributed by atoms with Crippen molar-refractivity contribution in [2.75, 3.05) is 31.2 Å². The number of thioether (sulfide) groups is 1. The van der Waals surface area contributed by atoms with Crippen molar-refractivity contribution in [2.45, 2.75) is 39.5 Å². The van der Waals surface area contributed by atoms with Crippen molar-refractivity contribution < 1.29 is 14.3 Å². The van der Waals surface area contributed by atoms with E-state index in [2.05, 4.69) is 0 Å². The number of nitrogens with zero attached hydrogens (tertiary/aromatic N) is 1. The average molecular weight is 287 g/mol. The topological polar surface area (TPSA) is 46.6 Å². The van der Waals surface area contributed by atoms with Gasteiger partial charge in [-0.15, -0.1) is 0 Å². The second-order valence-electron chi connectivity index (χ2n) is 4.88. The van der Waals surface area contributed by atoms with Gasteiger partial charge in [0.2, 0.25) is 5.91 Å². The van der Waals surface area contributed by atoms with Gasteiger partial charge in [0.1, 0.15) is 6.54 Å². The number of carbonyl (C=O) groups excluding carboxylic acids is 2. The maximum atomic E-state index is 12.3. The van der Waals surface area contributed by atoms with Crippen LogP contribution in [0.4, 0.5) is 0 Å². The Balaban J connectivity index is 2.44. The minimum atomic E-state index is -0.302. The van der Waals surface area contributed by atoms with Crippen LogP contribution in [0.5, 0.6) is 0 Å². The molecule has 1 aliphatic rings. The lowest BCUT2D eigenvalue weighted by molar-refractivity contribution is -0.149. The van der Waals surface area contributed by atoms with Crippen LogP contribution < -0.4 is 0 Å². The van der Waals surface area contributed by atoms with E-state index in [4.69, 9.17) is 4.74 Å². The smallest absolute Gasteiger partial charge is 0.325 e. The Kier molecular flexibility index (Phi) is 7.94. The van der Waals surface area contributed by atoms with Crippen molar-refractivity contribution in [1.82, 2.24) is 4.90 Å². The van der Waals surface area contributed by atoms with Gasteiger partial charge in [-0.2, -0.15) is 11.8 Å². The monoisotopic (exact) mass is 287 g/mol. The van der Waals surface area contributed by atoms with Crippen LogP contribution in [0.3, 0.4) is 0 Å². The van der Waals surface area contributed by atoms with E-state index >= 15 is 0 Å². The molecule has 0 aromatic carbocycles. The summed E-state index contributed by atoms with van der Waals surface area (Å²) in [6.45, 7) is 4.90. The number of hydrogen-bond acceptors (Lipinski definition) is 4. The molecule has 0 aromatic rings. The van der Waals surface area contributed by atoms with Crippen LogP contribution in [-0.4, -0.2) is 48.0 Å². The number of hydrogen-bond donors (Lipinski definition) is 0. The summed E-state index contributed by atoms with van der Waals surface area (Å²) in [5.41, 5.74) is 0. The molecule has 1 amide bonds. The third kappa shape index (κ3) is 6.32. The maximum absolute atomic E-state index is 12.3. The summed E-state index contributed by atoms with van der Waals surface area (Å²) in [6.07, 6.45) is 3.69. The first kappa shape index (κ1) is 16.3. The fraction of sp³-hybridized carbons (Fsp3) is 0.857. The minimum absolute atomic E-state index is 0.0992. The summed E-state index contributed by atoms with van der Waals surface area (Å²) in [5, 5.41) is 0. The molecule has 5 heteroatoms. The van der Waals surface area contributed by atoms with E-state index < -0.39 is 0 Å². The summed E-state index contributed by atoms with van der Waals surface area (Å²) in [6, 6.07) is 0. The number of esters is 1. The van der Waals surface area contributed by atoms with E-state index in [9.17, 15) is 9.59 Å². The van der Waals surface area contributed by atoms with Gasteiger partial charge in [-0.3, -0.25) is 9.59 Å². The number of rotatable bonds is 7. The van der Waals surface area contributed by atoms with E-state index in [0.717, 1.165) is 30.8 Å². The second kappa shape index (κ2) is 9.23. The van der Waals surface area contributed by atoms with Crippen molar-refractivity contribution in [3.05, 3.63) is 0 Å². The first-order valence-corrected chi connectivity index (χ1v) is 8.34. The number of carbonyl (C=O) groups is 2. The lowest BCUT2D eigenvalue weighted by Crippen LogP contribution is -2.38. The van der Waals surface area contributed by atoms with Crippen molar-refractivity contribution in [3.8, 4) is 0 Å².